The van der Waals surface area contributed by atoms with Crippen LogP contribution in [0, 0.1) is 0 Å². The molecule has 0 amide bonds. The minimum atomic E-state index is 0.778. The maximum absolute atomic E-state index is 5.27. The van der Waals surface area contributed by atoms with E-state index in [4.69, 9.17) is 19.9 Å². The van der Waals surface area contributed by atoms with Gasteiger partial charge in [-0.05, 0) is 48.5 Å². The van der Waals surface area contributed by atoms with Gasteiger partial charge in [-0.2, -0.15) is 0 Å². The lowest BCUT2D eigenvalue weighted by atomic mass is 10.1. The van der Waals surface area contributed by atoms with Crippen molar-refractivity contribution in [1.82, 2.24) is 29.5 Å². The fourth-order valence-electron chi connectivity index (χ4n) is 5.51. The molecule has 0 bridgehead atoms. The standard InChI is InChI=1S/C37H24N6/c1-3-11-26(12-4-1)33-36-35(34-32(41-33)18-10-24-39-34)42-37(43(36)28-13-5-2-6-14-28)27-21-19-25(20-22-27)29-16-9-17-31(40-29)30-15-7-8-23-38-30/h1-24H. The number of nitrogens with zero attached hydrogens (tertiary/aromatic N) is 6. The molecule has 3 aromatic carbocycles. The Morgan fingerprint density at radius 2 is 1.12 bits per heavy atom. The number of hydrogen-bond donors (Lipinski definition) is 0. The highest BCUT2D eigenvalue weighted by Crippen LogP contribution is 2.37. The number of fused-ring (bicyclic) bond motifs is 3. The van der Waals surface area contributed by atoms with Crippen molar-refractivity contribution in [3.8, 4) is 51.0 Å². The van der Waals surface area contributed by atoms with Crippen LogP contribution in [-0.2, 0) is 0 Å². The van der Waals surface area contributed by atoms with E-state index < -0.39 is 0 Å². The lowest BCUT2D eigenvalue weighted by molar-refractivity contribution is 1.10. The Hall–Kier alpha value is -6.01. The summed E-state index contributed by atoms with van der Waals surface area (Å²) in [4.78, 5) is 24.5. The largest absolute Gasteiger partial charge is 0.290 e. The molecule has 0 spiro atoms. The third kappa shape index (κ3) is 4.42. The quantitative estimate of drug-likeness (QED) is 0.214. The zero-order valence-electron chi connectivity index (χ0n) is 23.0. The van der Waals surface area contributed by atoms with Crippen LogP contribution in [-0.4, -0.2) is 29.5 Å². The number of pyridine rings is 4. The number of aromatic nitrogens is 6. The molecule has 5 aromatic heterocycles. The molecule has 0 unspecified atom stereocenters. The van der Waals surface area contributed by atoms with Crippen molar-refractivity contribution in [2.24, 2.45) is 0 Å². The summed E-state index contributed by atoms with van der Waals surface area (Å²) < 4.78 is 2.20. The summed E-state index contributed by atoms with van der Waals surface area (Å²) >= 11 is 0. The van der Waals surface area contributed by atoms with E-state index >= 15 is 0 Å². The smallest absolute Gasteiger partial charge is 0.145 e. The van der Waals surface area contributed by atoms with Gasteiger partial charge in [-0.3, -0.25) is 14.5 Å². The maximum atomic E-state index is 5.27. The summed E-state index contributed by atoms with van der Waals surface area (Å²) in [7, 11) is 0. The zero-order chi connectivity index (χ0) is 28.6. The summed E-state index contributed by atoms with van der Waals surface area (Å²) in [6, 6.07) is 44.8. The maximum Gasteiger partial charge on any atom is 0.145 e. The Bertz CT molecular complexity index is 2210. The Kier molecular flexibility index (Phi) is 6.01. The Balaban J connectivity index is 1.33. The van der Waals surface area contributed by atoms with E-state index in [1.165, 1.54) is 0 Å². The summed E-state index contributed by atoms with van der Waals surface area (Å²) in [5.74, 6) is 0.820. The lowest BCUT2D eigenvalue weighted by Crippen LogP contribution is -2.00. The molecule has 0 saturated heterocycles. The zero-order valence-corrected chi connectivity index (χ0v) is 23.0. The van der Waals surface area contributed by atoms with E-state index in [1.807, 2.05) is 84.9 Å². The number of imidazole rings is 1. The molecule has 0 saturated carbocycles. The molecule has 8 rings (SSSR count). The Labute approximate surface area is 248 Å². The first-order valence-electron chi connectivity index (χ1n) is 14.1. The first-order chi connectivity index (χ1) is 21.3. The van der Waals surface area contributed by atoms with Gasteiger partial charge in [0, 0.05) is 34.8 Å². The van der Waals surface area contributed by atoms with Crippen LogP contribution in [0.15, 0.2) is 146 Å². The van der Waals surface area contributed by atoms with Crippen LogP contribution >= 0.6 is 0 Å². The van der Waals surface area contributed by atoms with Crippen LogP contribution in [0.4, 0.5) is 0 Å². The summed E-state index contributed by atoms with van der Waals surface area (Å²) in [5.41, 5.74) is 10.8. The molecule has 5 heterocycles. The van der Waals surface area contributed by atoms with Gasteiger partial charge in [-0.15, -0.1) is 0 Å². The molecular formula is C37H24N6. The van der Waals surface area contributed by atoms with E-state index in [9.17, 15) is 0 Å². The third-order valence-corrected chi connectivity index (χ3v) is 7.52. The summed E-state index contributed by atoms with van der Waals surface area (Å²) in [6.07, 6.45) is 3.59. The second-order valence-electron chi connectivity index (χ2n) is 10.2. The fraction of sp³-hybridized carbons (Fsp3) is 0. The Morgan fingerprint density at radius 3 is 1.91 bits per heavy atom. The monoisotopic (exact) mass is 552 g/mol. The van der Waals surface area contributed by atoms with E-state index in [1.54, 1.807) is 12.4 Å². The predicted molar refractivity (Wildman–Crippen MR) is 171 cm³/mol. The van der Waals surface area contributed by atoms with Gasteiger partial charge in [0.2, 0.25) is 0 Å². The predicted octanol–water partition coefficient (Wildman–Crippen LogP) is 8.43. The molecule has 0 aliphatic rings. The van der Waals surface area contributed by atoms with Crippen molar-refractivity contribution in [2.75, 3.05) is 0 Å². The van der Waals surface area contributed by atoms with E-state index in [2.05, 4.69) is 58.1 Å². The SMILES string of the molecule is c1ccc(-c2nc3cccnc3c3nc(-c4ccc(-c5cccc(-c6ccccn6)n5)cc4)n(-c4ccccc4)c23)cc1. The summed E-state index contributed by atoms with van der Waals surface area (Å²) in [6.45, 7) is 0. The average molecular weight is 553 g/mol. The molecule has 0 fully saturated rings. The third-order valence-electron chi connectivity index (χ3n) is 7.52. The molecule has 0 aliphatic carbocycles. The van der Waals surface area contributed by atoms with Gasteiger partial charge < -0.3 is 0 Å². The minimum absolute atomic E-state index is 0.778. The van der Waals surface area contributed by atoms with Crippen molar-refractivity contribution in [3.05, 3.63) is 146 Å². The highest BCUT2D eigenvalue weighted by atomic mass is 15.1. The second-order valence-corrected chi connectivity index (χ2v) is 10.2. The average Bonchev–Trinajstić information content (AvgIpc) is 3.50. The van der Waals surface area contributed by atoms with Crippen LogP contribution in [0.5, 0.6) is 0 Å². The molecule has 8 aromatic rings. The van der Waals surface area contributed by atoms with Crippen LogP contribution in [0.25, 0.3) is 73.0 Å². The minimum Gasteiger partial charge on any atom is -0.290 e. The highest BCUT2D eigenvalue weighted by Gasteiger charge is 2.22. The van der Waals surface area contributed by atoms with Gasteiger partial charge in [0.25, 0.3) is 0 Å². The van der Waals surface area contributed by atoms with Crippen LogP contribution in [0.1, 0.15) is 0 Å². The number of para-hydroxylation sites is 1. The fourth-order valence-corrected chi connectivity index (χ4v) is 5.51. The molecular weight excluding hydrogens is 528 g/mol. The first kappa shape index (κ1) is 24.8. The van der Waals surface area contributed by atoms with Gasteiger partial charge in [-0.1, -0.05) is 84.9 Å². The van der Waals surface area contributed by atoms with Crippen molar-refractivity contribution in [3.63, 3.8) is 0 Å². The van der Waals surface area contributed by atoms with Crippen LogP contribution < -0.4 is 0 Å². The molecule has 43 heavy (non-hydrogen) atoms. The van der Waals surface area contributed by atoms with Crippen LogP contribution in [0.2, 0.25) is 0 Å². The van der Waals surface area contributed by atoms with Crippen molar-refractivity contribution in [2.45, 2.75) is 0 Å². The van der Waals surface area contributed by atoms with Gasteiger partial charge in [0.15, 0.2) is 0 Å². The molecule has 0 N–H and O–H groups in total. The number of benzene rings is 3. The van der Waals surface area contributed by atoms with Crippen molar-refractivity contribution in [1.29, 1.82) is 0 Å². The molecule has 6 heteroatoms. The molecule has 202 valence electrons. The highest BCUT2D eigenvalue weighted by molar-refractivity contribution is 6.07. The molecule has 6 nitrogen and oxygen atoms in total. The van der Waals surface area contributed by atoms with E-state index in [0.717, 1.165) is 73.0 Å². The van der Waals surface area contributed by atoms with Gasteiger partial charge >= 0.3 is 0 Å². The van der Waals surface area contributed by atoms with Gasteiger partial charge in [-0.25, -0.2) is 15.0 Å². The van der Waals surface area contributed by atoms with Crippen molar-refractivity contribution < 1.29 is 0 Å². The first-order valence-corrected chi connectivity index (χ1v) is 14.1. The number of hydrogen-bond acceptors (Lipinski definition) is 5. The Morgan fingerprint density at radius 1 is 0.419 bits per heavy atom. The molecule has 0 atom stereocenters. The second kappa shape index (κ2) is 10.4. The van der Waals surface area contributed by atoms with Gasteiger partial charge in [0.1, 0.15) is 22.4 Å². The van der Waals surface area contributed by atoms with E-state index in [-0.39, 0.29) is 0 Å². The molecule has 0 radical (unpaired) electrons. The van der Waals surface area contributed by atoms with Gasteiger partial charge in [0.05, 0.1) is 28.3 Å². The topological polar surface area (TPSA) is 69.4 Å². The number of rotatable bonds is 5. The normalized spacial score (nSPS) is 11.3. The lowest BCUT2D eigenvalue weighted by Gasteiger charge is -2.13. The molecule has 0 aliphatic heterocycles. The van der Waals surface area contributed by atoms with Crippen molar-refractivity contribution >= 4 is 22.1 Å². The van der Waals surface area contributed by atoms with E-state index in [0.29, 0.717) is 0 Å². The van der Waals surface area contributed by atoms with Crippen LogP contribution in [0.3, 0.4) is 0 Å². The summed E-state index contributed by atoms with van der Waals surface area (Å²) in [5, 5.41) is 0.